The van der Waals surface area contributed by atoms with Gasteiger partial charge in [-0.15, -0.1) is 0 Å². The summed E-state index contributed by atoms with van der Waals surface area (Å²) in [6.45, 7) is 2.49. The van der Waals surface area contributed by atoms with E-state index < -0.39 is 5.54 Å². The van der Waals surface area contributed by atoms with Crippen LogP contribution in [0.15, 0.2) is 30.3 Å². The van der Waals surface area contributed by atoms with E-state index in [2.05, 4.69) is 16.7 Å². The first-order chi connectivity index (χ1) is 10.2. The number of carbonyl (C=O) groups is 1. The van der Waals surface area contributed by atoms with E-state index in [1.54, 1.807) is 0 Å². The number of nitriles is 1. The molecule has 112 valence electrons. The third kappa shape index (κ3) is 4.30. The van der Waals surface area contributed by atoms with Crippen molar-refractivity contribution in [1.29, 1.82) is 5.26 Å². The molecular weight excluding hydrogens is 262 g/mol. The molecule has 1 aliphatic carbocycles. The molecule has 1 fully saturated rings. The molecule has 2 N–H and O–H groups in total. The van der Waals surface area contributed by atoms with E-state index in [-0.39, 0.29) is 11.9 Å². The monoisotopic (exact) mass is 285 g/mol. The molecule has 1 aromatic carbocycles. The fourth-order valence-electron chi connectivity index (χ4n) is 2.72. The quantitative estimate of drug-likeness (QED) is 0.873. The summed E-state index contributed by atoms with van der Waals surface area (Å²) in [5, 5.41) is 15.6. The minimum atomic E-state index is -0.655. The molecule has 1 atom stereocenters. The molecule has 0 spiro atoms. The predicted molar refractivity (Wildman–Crippen MR) is 82.3 cm³/mol. The summed E-state index contributed by atoms with van der Waals surface area (Å²) >= 11 is 0. The molecular formula is C17H23N3O. The van der Waals surface area contributed by atoms with Crippen molar-refractivity contribution < 1.29 is 4.79 Å². The molecule has 4 heteroatoms. The first kappa shape index (κ1) is 15.5. The number of carbonyl (C=O) groups excluding carboxylic acids is 1. The van der Waals surface area contributed by atoms with Gasteiger partial charge in [0.15, 0.2) is 0 Å². The number of amides is 1. The van der Waals surface area contributed by atoms with Crippen molar-refractivity contribution in [2.24, 2.45) is 0 Å². The van der Waals surface area contributed by atoms with E-state index in [1.165, 1.54) is 0 Å². The third-order valence-corrected chi connectivity index (χ3v) is 4.13. The summed E-state index contributed by atoms with van der Waals surface area (Å²) in [4.78, 5) is 12.3. The summed E-state index contributed by atoms with van der Waals surface area (Å²) in [7, 11) is 0. The van der Waals surface area contributed by atoms with Gasteiger partial charge < -0.3 is 10.6 Å². The van der Waals surface area contributed by atoms with Crippen molar-refractivity contribution in [3.8, 4) is 6.07 Å². The summed E-state index contributed by atoms with van der Waals surface area (Å²) in [5.41, 5.74) is 0.489. The van der Waals surface area contributed by atoms with E-state index in [4.69, 9.17) is 0 Å². The van der Waals surface area contributed by atoms with Gasteiger partial charge in [0.25, 0.3) is 0 Å². The van der Waals surface area contributed by atoms with Crippen LogP contribution in [0.2, 0.25) is 0 Å². The SMILES string of the molecule is C[C@@H](NCc1ccccc1)C(=O)NC1(C#N)CCCCC1. The van der Waals surface area contributed by atoms with Crippen LogP contribution in [0.3, 0.4) is 0 Å². The van der Waals surface area contributed by atoms with E-state index in [1.807, 2.05) is 37.3 Å². The van der Waals surface area contributed by atoms with Crippen LogP contribution in [0.4, 0.5) is 0 Å². The normalized spacial score (nSPS) is 18.5. The zero-order valence-electron chi connectivity index (χ0n) is 12.6. The van der Waals surface area contributed by atoms with Crippen LogP contribution < -0.4 is 10.6 Å². The number of nitrogens with zero attached hydrogens (tertiary/aromatic N) is 1. The van der Waals surface area contributed by atoms with Gasteiger partial charge in [-0.1, -0.05) is 49.6 Å². The van der Waals surface area contributed by atoms with Crippen molar-refractivity contribution in [3.05, 3.63) is 35.9 Å². The lowest BCUT2D eigenvalue weighted by Crippen LogP contribution is -2.54. The van der Waals surface area contributed by atoms with Crippen LogP contribution in [-0.2, 0) is 11.3 Å². The Labute approximate surface area is 126 Å². The zero-order valence-corrected chi connectivity index (χ0v) is 12.6. The molecule has 2 rings (SSSR count). The molecule has 1 saturated carbocycles. The Morgan fingerprint density at radius 3 is 2.57 bits per heavy atom. The van der Waals surface area contributed by atoms with Gasteiger partial charge in [0.1, 0.15) is 5.54 Å². The van der Waals surface area contributed by atoms with Gasteiger partial charge >= 0.3 is 0 Å². The van der Waals surface area contributed by atoms with Crippen LogP contribution in [-0.4, -0.2) is 17.5 Å². The first-order valence-electron chi connectivity index (χ1n) is 7.66. The van der Waals surface area contributed by atoms with Gasteiger partial charge in [-0.05, 0) is 25.3 Å². The molecule has 1 aliphatic rings. The fourth-order valence-corrected chi connectivity index (χ4v) is 2.72. The lowest BCUT2D eigenvalue weighted by Gasteiger charge is -2.32. The van der Waals surface area contributed by atoms with E-state index in [0.717, 1.165) is 37.7 Å². The standard InChI is InChI=1S/C17H23N3O/c1-14(19-12-15-8-4-2-5-9-15)16(21)20-17(13-18)10-6-3-7-11-17/h2,4-5,8-9,14,19H,3,6-7,10-12H2,1H3,(H,20,21)/t14-/m1/s1. The van der Waals surface area contributed by atoms with Crippen LogP contribution in [0.1, 0.15) is 44.6 Å². The van der Waals surface area contributed by atoms with Gasteiger partial charge in [-0.25, -0.2) is 0 Å². The second-order valence-electron chi connectivity index (χ2n) is 5.83. The van der Waals surface area contributed by atoms with Gasteiger partial charge in [-0.3, -0.25) is 4.79 Å². The maximum atomic E-state index is 12.3. The van der Waals surface area contributed by atoms with Crippen LogP contribution in [0.25, 0.3) is 0 Å². The highest BCUT2D eigenvalue weighted by Gasteiger charge is 2.34. The average Bonchev–Trinajstić information content (AvgIpc) is 2.54. The Balaban J connectivity index is 1.86. The molecule has 0 saturated heterocycles. The number of nitrogens with one attached hydrogen (secondary N) is 2. The molecule has 0 bridgehead atoms. The Morgan fingerprint density at radius 2 is 1.95 bits per heavy atom. The lowest BCUT2D eigenvalue weighted by molar-refractivity contribution is -0.124. The third-order valence-electron chi connectivity index (χ3n) is 4.13. The second kappa shape index (κ2) is 7.24. The number of hydrogen-bond donors (Lipinski definition) is 2. The maximum absolute atomic E-state index is 12.3. The first-order valence-corrected chi connectivity index (χ1v) is 7.66. The lowest BCUT2D eigenvalue weighted by atomic mass is 9.82. The summed E-state index contributed by atoms with van der Waals surface area (Å²) < 4.78 is 0. The van der Waals surface area contributed by atoms with Crippen molar-refractivity contribution in [3.63, 3.8) is 0 Å². The molecule has 1 aromatic rings. The smallest absolute Gasteiger partial charge is 0.238 e. The largest absolute Gasteiger partial charge is 0.336 e. The molecule has 0 unspecified atom stereocenters. The number of benzene rings is 1. The van der Waals surface area contributed by atoms with Crippen molar-refractivity contribution in [2.75, 3.05) is 0 Å². The molecule has 0 radical (unpaired) electrons. The molecule has 0 heterocycles. The van der Waals surface area contributed by atoms with Gasteiger partial charge in [0.05, 0.1) is 12.1 Å². The highest BCUT2D eigenvalue weighted by atomic mass is 16.2. The Bertz CT molecular complexity index is 501. The van der Waals surface area contributed by atoms with Gasteiger partial charge in [0.2, 0.25) is 5.91 Å². The highest BCUT2D eigenvalue weighted by Crippen LogP contribution is 2.27. The molecule has 4 nitrogen and oxygen atoms in total. The Kier molecular flexibility index (Phi) is 5.35. The number of hydrogen-bond acceptors (Lipinski definition) is 3. The molecule has 0 aromatic heterocycles. The van der Waals surface area contributed by atoms with E-state index in [0.29, 0.717) is 6.54 Å². The number of rotatable bonds is 5. The second-order valence-corrected chi connectivity index (χ2v) is 5.83. The fraction of sp³-hybridized carbons (Fsp3) is 0.529. The Morgan fingerprint density at radius 1 is 1.29 bits per heavy atom. The topological polar surface area (TPSA) is 64.9 Å². The average molecular weight is 285 g/mol. The molecule has 21 heavy (non-hydrogen) atoms. The van der Waals surface area contributed by atoms with Crippen molar-refractivity contribution in [1.82, 2.24) is 10.6 Å². The zero-order chi connectivity index (χ0) is 15.1. The minimum absolute atomic E-state index is 0.0885. The van der Waals surface area contributed by atoms with E-state index >= 15 is 0 Å². The van der Waals surface area contributed by atoms with E-state index in [9.17, 15) is 10.1 Å². The van der Waals surface area contributed by atoms with Crippen LogP contribution in [0, 0.1) is 11.3 Å². The van der Waals surface area contributed by atoms with Crippen LogP contribution in [0.5, 0.6) is 0 Å². The predicted octanol–water partition coefficient (Wildman–Crippen LogP) is 2.51. The maximum Gasteiger partial charge on any atom is 0.238 e. The summed E-state index contributed by atoms with van der Waals surface area (Å²) in [5.74, 6) is -0.0885. The summed E-state index contributed by atoms with van der Waals surface area (Å²) in [6, 6.07) is 12.0. The van der Waals surface area contributed by atoms with Crippen molar-refractivity contribution in [2.45, 2.75) is 57.2 Å². The van der Waals surface area contributed by atoms with Crippen molar-refractivity contribution >= 4 is 5.91 Å². The van der Waals surface area contributed by atoms with Gasteiger partial charge in [-0.2, -0.15) is 5.26 Å². The minimum Gasteiger partial charge on any atom is -0.336 e. The molecule has 0 aliphatic heterocycles. The Hall–Kier alpha value is -1.86. The molecule has 1 amide bonds. The highest BCUT2D eigenvalue weighted by molar-refractivity contribution is 5.82. The van der Waals surface area contributed by atoms with Gasteiger partial charge in [0, 0.05) is 6.54 Å². The summed E-state index contributed by atoms with van der Waals surface area (Å²) in [6.07, 6.45) is 4.71. The van der Waals surface area contributed by atoms with Crippen LogP contribution >= 0.6 is 0 Å².